The Bertz CT molecular complexity index is 1240. The smallest absolute Gasteiger partial charge is 0.306 e. The van der Waals surface area contributed by atoms with Crippen molar-refractivity contribution >= 4 is 22.1 Å². The number of hydrogen-bond acceptors (Lipinski definition) is 11. The third kappa shape index (κ3) is 31.7. The van der Waals surface area contributed by atoms with E-state index in [1.807, 2.05) is 12.2 Å². The molecule has 1 aliphatic heterocycles. The number of rotatable bonds is 40. The summed E-state index contributed by atoms with van der Waals surface area (Å²) in [5.41, 5.74) is 0. The van der Waals surface area contributed by atoms with Crippen LogP contribution in [0.2, 0.25) is 0 Å². The first-order chi connectivity index (χ1) is 29.0. The molecule has 350 valence electrons. The van der Waals surface area contributed by atoms with E-state index < -0.39 is 71.2 Å². The molecule has 60 heavy (non-hydrogen) atoms. The number of carbonyl (C=O) groups excluding carboxylic acids is 2. The van der Waals surface area contributed by atoms with Gasteiger partial charge in [0.15, 0.2) is 12.4 Å². The summed E-state index contributed by atoms with van der Waals surface area (Å²) in [4.78, 5) is 25.4. The number of unbranched alkanes of at least 4 members (excludes halogenated alkanes) is 23. The molecular weight excluding hydrogens is 789 g/mol. The first kappa shape index (κ1) is 55.9. The average Bonchev–Trinajstić information content (AvgIpc) is 3.21. The summed E-state index contributed by atoms with van der Waals surface area (Å²) >= 11 is 0. The highest BCUT2D eigenvalue weighted by molar-refractivity contribution is 7.85. The predicted molar refractivity (Wildman–Crippen MR) is 238 cm³/mol. The van der Waals surface area contributed by atoms with Crippen molar-refractivity contribution in [3.8, 4) is 0 Å². The van der Waals surface area contributed by atoms with Gasteiger partial charge in [0, 0.05) is 12.8 Å². The van der Waals surface area contributed by atoms with Gasteiger partial charge in [-0.25, -0.2) is 0 Å². The second kappa shape index (κ2) is 37.4. The highest BCUT2D eigenvalue weighted by Crippen LogP contribution is 2.24. The Morgan fingerprint density at radius 3 is 1.63 bits per heavy atom. The first-order valence-corrected chi connectivity index (χ1v) is 25.1. The normalized spacial score (nSPS) is 20.2. The SMILES string of the molecule is C=CCCCCCCCCCCCCCCCC(=O)OC[C@H](CO[C@H]1O[C@H](CS(=O)(=O)O)[C@@H](O)C(O)C1O)OC(=O)CCC/C=C/C/C=C/CCCCCCCCCCC. The van der Waals surface area contributed by atoms with E-state index in [0.717, 1.165) is 38.5 Å². The highest BCUT2D eigenvalue weighted by atomic mass is 32.2. The van der Waals surface area contributed by atoms with E-state index in [4.69, 9.17) is 18.9 Å². The van der Waals surface area contributed by atoms with E-state index in [1.54, 1.807) is 0 Å². The second-order valence-corrected chi connectivity index (χ2v) is 18.0. The van der Waals surface area contributed by atoms with E-state index in [1.165, 1.54) is 116 Å². The lowest BCUT2D eigenvalue weighted by Gasteiger charge is -2.40. The molecule has 0 aliphatic carbocycles. The van der Waals surface area contributed by atoms with E-state index in [9.17, 15) is 37.9 Å². The average molecular weight is 873 g/mol. The van der Waals surface area contributed by atoms with Crippen LogP contribution >= 0.6 is 0 Å². The van der Waals surface area contributed by atoms with Gasteiger partial charge in [-0.05, 0) is 51.4 Å². The molecule has 1 saturated heterocycles. The summed E-state index contributed by atoms with van der Waals surface area (Å²) < 4.78 is 54.0. The van der Waals surface area contributed by atoms with Gasteiger partial charge in [-0.3, -0.25) is 14.1 Å². The Hall–Kier alpha value is -2.13. The van der Waals surface area contributed by atoms with Gasteiger partial charge in [0.2, 0.25) is 0 Å². The minimum Gasteiger partial charge on any atom is -0.462 e. The molecule has 0 aromatic carbocycles. The molecule has 4 N–H and O–H groups in total. The van der Waals surface area contributed by atoms with Crippen LogP contribution in [0.1, 0.15) is 193 Å². The Labute approximate surface area is 363 Å². The van der Waals surface area contributed by atoms with Crippen molar-refractivity contribution < 1.29 is 56.8 Å². The zero-order chi connectivity index (χ0) is 44.1. The molecule has 1 fully saturated rings. The number of hydrogen-bond donors (Lipinski definition) is 4. The monoisotopic (exact) mass is 873 g/mol. The van der Waals surface area contributed by atoms with E-state index in [2.05, 4.69) is 31.7 Å². The van der Waals surface area contributed by atoms with Crippen LogP contribution in [0, 0.1) is 0 Å². The summed E-state index contributed by atoms with van der Waals surface area (Å²) in [6, 6.07) is 0. The van der Waals surface area contributed by atoms with Crippen molar-refractivity contribution in [2.24, 2.45) is 0 Å². The van der Waals surface area contributed by atoms with Gasteiger partial charge in [0.05, 0.1) is 6.61 Å². The molecule has 2 unspecified atom stereocenters. The molecule has 0 radical (unpaired) electrons. The van der Waals surface area contributed by atoms with Crippen LogP contribution < -0.4 is 0 Å². The standard InChI is InChI=1S/C47H84O12S/c1-3-5-7-9-11-13-15-17-19-20-22-24-26-28-30-32-34-36-43(49)58-40(38-57-47-46(52)45(51)44(50)41(59-47)39-60(53,54)55)37-56-42(48)35-33-31-29-27-25-23-21-18-16-14-12-10-8-6-4-2/h4,22,24,28,30,40-41,44-47,50-52H,2-3,5-21,23,25-27,29,31-39H2,1H3,(H,53,54,55)/b24-22+,30-28+/t40-,41-,44-,45?,46?,47+/m1/s1. The Morgan fingerprint density at radius 2 is 1.10 bits per heavy atom. The molecule has 1 aliphatic rings. The molecule has 0 saturated carbocycles. The fraction of sp³-hybridized carbons (Fsp3) is 0.830. The van der Waals surface area contributed by atoms with Gasteiger partial charge < -0.3 is 34.3 Å². The maximum atomic E-state index is 12.8. The van der Waals surface area contributed by atoms with Crippen LogP contribution in [0.15, 0.2) is 37.0 Å². The number of carbonyl (C=O) groups is 2. The predicted octanol–water partition coefficient (Wildman–Crippen LogP) is 9.78. The van der Waals surface area contributed by atoms with Gasteiger partial charge in [-0.2, -0.15) is 8.42 Å². The van der Waals surface area contributed by atoms with E-state index in [0.29, 0.717) is 19.3 Å². The highest BCUT2D eigenvalue weighted by Gasteiger charge is 2.46. The molecule has 0 aromatic heterocycles. The number of aliphatic hydroxyl groups is 3. The molecule has 12 nitrogen and oxygen atoms in total. The quantitative estimate of drug-likeness (QED) is 0.0198. The van der Waals surface area contributed by atoms with Gasteiger partial charge in [0.1, 0.15) is 36.8 Å². The van der Waals surface area contributed by atoms with Crippen molar-refractivity contribution in [3.05, 3.63) is 37.0 Å². The third-order valence-corrected chi connectivity index (χ3v) is 11.6. The molecule has 0 aromatic rings. The number of ether oxygens (including phenoxy) is 4. The zero-order valence-corrected chi connectivity index (χ0v) is 38.0. The summed E-state index contributed by atoms with van der Waals surface area (Å²) in [6.45, 7) is 5.26. The van der Waals surface area contributed by atoms with Crippen LogP contribution in [-0.4, -0.2) is 96.0 Å². The van der Waals surface area contributed by atoms with Crippen LogP contribution in [0.4, 0.5) is 0 Å². The molecule has 1 heterocycles. The van der Waals surface area contributed by atoms with Crippen molar-refractivity contribution in [2.75, 3.05) is 19.0 Å². The lowest BCUT2D eigenvalue weighted by molar-refractivity contribution is -0.297. The summed E-state index contributed by atoms with van der Waals surface area (Å²) in [5, 5.41) is 30.9. The summed E-state index contributed by atoms with van der Waals surface area (Å²) in [6.07, 6.45) is 32.3. The van der Waals surface area contributed by atoms with Crippen molar-refractivity contribution in [1.29, 1.82) is 0 Å². The second-order valence-electron chi connectivity index (χ2n) is 16.5. The summed E-state index contributed by atoms with van der Waals surface area (Å²) in [7, 11) is -4.61. The molecule has 1 rings (SSSR count). The molecule has 13 heteroatoms. The zero-order valence-electron chi connectivity index (χ0n) is 37.1. The van der Waals surface area contributed by atoms with Gasteiger partial charge >= 0.3 is 11.9 Å². The topological polar surface area (TPSA) is 186 Å². The number of allylic oxidation sites excluding steroid dienone is 5. The first-order valence-electron chi connectivity index (χ1n) is 23.5. The largest absolute Gasteiger partial charge is 0.462 e. The van der Waals surface area contributed by atoms with E-state index in [-0.39, 0.29) is 19.4 Å². The van der Waals surface area contributed by atoms with Gasteiger partial charge in [0.25, 0.3) is 10.1 Å². The van der Waals surface area contributed by atoms with Crippen molar-refractivity contribution in [3.63, 3.8) is 0 Å². The third-order valence-electron chi connectivity index (χ3n) is 10.8. The summed E-state index contributed by atoms with van der Waals surface area (Å²) in [5.74, 6) is -2.04. The molecule has 0 bridgehead atoms. The molecule has 6 atom stereocenters. The molecule has 0 spiro atoms. The van der Waals surface area contributed by atoms with Gasteiger partial charge in [-0.1, -0.05) is 159 Å². The Kier molecular flexibility index (Phi) is 34.9. The van der Waals surface area contributed by atoms with Crippen LogP contribution in [0.5, 0.6) is 0 Å². The minimum absolute atomic E-state index is 0.101. The van der Waals surface area contributed by atoms with Crippen molar-refractivity contribution in [1.82, 2.24) is 0 Å². The Morgan fingerprint density at radius 1 is 0.617 bits per heavy atom. The van der Waals surface area contributed by atoms with E-state index >= 15 is 0 Å². The molecule has 0 amide bonds. The molecular formula is C47H84O12S. The minimum atomic E-state index is -4.61. The van der Waals surface area contributed by atoms with Crippen molar-refractivity contribution in [2.45, 2.75) is 230 Å². The van der Waals surface area contributed by atoms with Crippen LogP contribution in [0.25, 0.3) is 0 Å². The van der Waals surface area contributed by atoms with Gasteiger partial charge in [-0.15, -0.1) is 6.58 Å². The number of aliphatic hydroxyl groups excluding tert-OH is 3. The lowest BCUT2D eigenvalue weighted by atomic mass is 10.00. The lowest BCUT2D eigenvalue weighted by Crippen LogP contribution is -2.60. The van der Waals surface area contributed by atoms with Crippen LogP contribution in [0.3, 0.4) is 0 Å². The maximum absolute atomic E-state index is 12.8. The fourth-order valence-electron chi connectivity index (χ4n) is 7.17. The number of esters is 2. The fourth-order valence-corrected chi connectivity index (χ4v) is 7.86. The van der Waals surface area contributed by atoms with Crippen LogP contribution in [-0.2, 0) is 38.7 Å². The maximum Gasteiger partial charge on any atom is 0.306 e. The Balaban J connectivity index is 2.45.